The molecule has 76 valence electrons. The predicted octanol–water partition coefficient (Wildman–Crippen LogP) is 1.35. The first kappa shape index (κ1) is 9.40. The summed E-state index contributed by atoms with van der Waals surface area (Å²) in [5.41, 5.74) is 0. The van der Waals surface area contributed by atoms with Crippen LogP contribution in [-0.2, 0) is 0 Å². The Morgan fingerprint density at radius 2 is 2.50 bits per heavy atom. The molecule has 1 aliphatic heterocycles. The molecule has 1 atom stereocenters. The lowest BCUT2D eigenvalue weighted by molar-refractivity contribution is 0.267. The van der Waals surface area contributed by atoms with Crippen LogP contribution in [0.1, 0.15) is 12.8 Å². The number of aromatic nitrogens is 1. The first-order valence-corrected chi connectivity index (χ1v) is 4.82. The van der Waals surface area contributed by atoms with Crippen molar-refractivity contribution in [2.75, 3.05) is 13.2 Å². The molecule has 0 saturated carbocycles. The second kappa shape index (κ2) is 4.37. The van der Waals surface area contributed by atoms with Crippen molar-refractivity contribution in [2.24, 2.45) is 0 Å². The maximum absolute atomic E-state index is 12.5. The van der Waals surface area contributed by atoms with E-state index in [1.165, 1.54) is 12.5 Å². The highest BCUT2D eigenvalue weighted by atomic mass is 19.1. The van der Waals surface area contributed by atoms with E-state index in [1.807, 2.05) is 0 Å². The number of hydrogen-bond donors (Lipinski definition) is 1. The third kappa shape index (κ3) is 2.42. The van der Waals surface area contributed by atoms with Gasteiger partial charge in [-0.1, -0.05) is 0 Å². The van der Waals surface area contributed by atoms with Crippen LogP contribution >= 0.6 is 0 Å². The van der Waals surface area contributed by atoms with Crippen LogP contribution in [-0.4, -0.2) is 24.2 Å². The molecule has 0 bridgehead atoms. The number of hydrogen-bond acceptors (Lipinski definition) is 3. The maximum atomic E-state index is 12.5. The van der Waals surface area contributed by atoms with Gasteiger partial charge in [-0.3, -0.25) is 0 Å². The van der Waals surface area contributed by atoms with Crippen molar-refractivity contribution in [3.05, 3.63) is 24.1 Å². The highest BCUT2D eigenvalue weighted by Gasteiger charge is 2.14. The quantitative estimate of drug-likeness (QED) is 0.792. The number of halogens is 1. The molecule has 14 heavy (non-hydrogen) atoms. The fourth-order valence-corrected chi connectivity index (χ4v) is 1.53. The Kier molecular flexibility index (Phi) is 2.93. The maximum Gasteiger partial charge on any atom is 0.213 e. The summed E-state index contributed by atoms with van der Waals surface area (Å²) < 4.78 is 17.9. The smallest absolute Gasteiger partial charge is 0.213 e. The Bertz CT molecular complexity index is 283. The summed E-state index contributed by atoms with van der Waals surface area (Å²) in [6, 6.07) is 3.32. The zero-order valence-electron chi connectivity index (χ0n) is 7.87. The molecule has 2 heterocycles. The summed E-state index contributed by atoms with van der Waals surface area (Å²) in [5.74, 6) is 0.149. The van der Waals surface area contributed by atoms with Gasteiger partial charge >= 0.3 is 0 Å². The molecule has 0 spiro atoms. The normalized spacial score (nSPS) is 21.1. The van der Waals surface area contributed by atoms with Gasteiger partial charge in [-0.15, -0.1) is 0 Å². The molecule has 1 fully saturated rings. The van der Waals surface area contributed by atoms with Crippen LogP contribution in [0.4, 0.5) is 4.39 Å². The fraction of sp³-hybridized carbons (Fsp3) is 0.500. The van der Waals surface area contributed by atoms with Crippen LogP contribution in [0, 0.1) is 5.82 Å². The van der Waals surface area contributed by atoms with Crippen LogP contribution in [0.15, 0.2) is 18.3 Å². The second-order valence-corrected chi connectivity index (χ2v) is 3.42. The average molecular weight is 196 g/mol. The number of nitrogens with zero attached hydrogens (tertiary/aromatic N) is 1. The lowest BCUT2D eigenvalue weighted by Crippen LogP contribution is -2.28. The molecule has 4 heteroatoms. The molecule has 1 saturated heterocycles. The molecule has 0 aromatic carbocycles. The lowest BCUT2D eigenvalue weighted by Gasteiger charge is -2.10. The first-order valence-electron chi connectivity index (χ1n) is 4.82. The van der Waals surface area contributed by atoms with E-state index in [4.69, 9.17) is 4.74 Å². The Morgan fingerprint density at radius 1 is 1.57 bits per heavy atom. The molecule has 2 rings (SSSR count). The molecular weight excluding hydrogens is 183 g/mol. The largest absolute Gasteiger partial charge is 0.476 e. The Hall–Kier alpha value is -1.16. The molecule has 1 unspecified atom stereocenters. The van der Waals surface area contributed by atoms with E-state index in [0.717, 1.165) is 19.2 Å². The highest BCUT2D eigenvalue weighted by Crippen LogP contribution is 2.09. The summed E-state index contributed by atoms with van der Waals surface area (Å²) >= 11 is 0. The van der Waals surface area contributed by atoms with Gasteiger partial charge in [0.15, 0.2) is 0 Å². The summed E-state index contributed by atoms with van der Waals surface area (Å²) in [6.45, 7) is 1.67. The molecular formula is C10H13FN2O. The number of pyridine rings is 1. The van der Waals surface area contributed by atoms with Crippen LogP contribution in [0.5, 0.6) is 5.88 Å². The SMILES string of the molecule is Fc1ccc(OCC2CCCN2)nc1. The average Bonchev–Trinajstić information content (AvgIpc) is 2.70. The van der Waals surface area contributed by atoms with Crippen molar-refractivity contribution in [1.29, 1.82) is 0 Å². The van der Waals surface area contributed by atoms with Crippen LogP contribution in [0.2, 0.25) is 0 Å². The number of nitrogens with one attached hydrogen (secondary N) is 1. The van der Waals surface area contributed by atoms with Crippen molar-refractivity contribution < 1.29 is 9.13 Å². The van der Waals surface area contributed by atoms with Gasteiger partial charge in [0.05, 0.1) is 6.20 Å². The van der Waals surface area contributed by atoms with Gasteiger partial charge in [0.25, 0.3) is 0 Å². The molecule has 1 aromatic rings. The molecule has 0 amide bonds. The fourth-order valence-electron chi connectivity index (χ4n) is 1.53. The van der Waals surface area contributed by atoms with E-state index in [2.05, 4.69) is 10.3 Å². The zero-order valence-corrected chi connectivity index (χ0v) is 7.87. The molecule has 0 radical (unpaired) electrons. The van der Waals surface area contributed by atoms with Crippen LogP contribution in [0.25, 0.3) is 0 Å². The third-order valence-corrected chi connectivity index (χ3v) is 2.30. The monoisotopic (exact) mass is 196 g/mol. The summed E-state index contributed by atoms with van der Waals surface area (Å²) in [6.07, 6.45) is 3.50. The first-order chi connectivity index (χ1) is 6.84. The van der Waals surface area contributed by atoms with E-state index in [0.29, 0.717) is 18.5 Å². The summed E-state index contributed by atoms with van der Waals surface area (Å²) in [4.78, 5) is 3.81. The van der Waals surface area contributed by atoms with Crippen LogP contribution in [0.3, 0.4) is 0 Å². The molecule has 3 nitrogen and oxygen atoms in total. The van der Waals surface area contributed by atoms with Crippen molar-refractivity contribution in [2.45, 2.75) is 18.9 Å². The molecule has 1 aliphatic rings. The van der Waals surface area contributed by atoms with E-state index in [9.17, 15) is 4.39 Å². The van der Waals surface area contributed by atoms with E-state index >= 15 is 0 Å². The summed E-state index contributed by atoms with van der Waals surface area (Å²) in [5, 5.41) is 3.31. The van der Waals surface area contributed by atoms with Crippen LogP contribution < -0.4 is 10.1 Å². The van der Waals surface area contributed by atoms with E-state index in [-0.39, 0.29) is 5.82 Å². The van der Waals surface area contributed by atoms with Crippen molar-refractivity contribution >= 4 is 0 Å². The van der Waals surface area contributed by atoms with Crippen molar-refractivity contribution in [3.8, 4) is 5.88 Å². The van der Waals surface area contributed by atoms with E-state index in [1.54, 1.807) is 6.07 Å². The Balaban J connectivity index is 1.82. The van der Waals surface area contributed by atoms with Gasteiger partial charge in [-0.05, 0) is 25.5 Å². The standard InChI is InChI=1S/C10H13FN2O/c11-8-3-4-10(13-6-8)14-7-9-2-1-5-12-9/h3-4,6,9,12H,1-2,5,7H2. The third-order valence-electron chi connectivity index (χ3n) is 2.30. The minimum absolute atomic E-state index is 0.337. The Morgan fingerprint density at radius 3 is 3.14 bits per heavy atom. The predicted molar refractivity (Wildman–Crippen MR) is 50.7 cm³/mol. The van der Waals surface area contributed by atoms with Gasteiger partial charge in [0.2, 0.25) is 5.88 Å². The molecule has 0 aliphatic carbocycles. The topological polar surface area (TPSA) is 34.1 Å². The zero-order chi connectivity index (χ0) is 9.80. The van der Waals surface area contributed by atoms with Gasteiger partial charge in [0, 0.05) is 12.1 Å². The van der Waals surface area contributed by atoms with Crippen molar-refractivity contribution in [3.63, 3.8) is 0 Å². The second-order valence-electron chi connectivity index (χ2n) is 3.42. The van der Waals surface area contributed by atoms with Gasteiger partial charge in [0.1, 0.15) is 12.4 Å². The molecule has 1 N–H and O–H groups in total. The number of ether oxygens (including phenoxy) is 1. The highest BCUT2D eigenvalue weighted by molar-refractivity contribution is 5.10. The number of rotatable bonds is 3. The lowest BCUT2D eigenvalue weighted by atomic mass is 10.2. The Labute approximate surface area is 82.3 Å². The summed E-state index contributed by atoms with van der Waals surface area (Å²) in [7, 11) is 0. The van der Waals surface area contributed by atoms with Crippen molar-refractivity contribution in [1.82, 2.24) is 10.3 Å². The van der Waals surface area contributed by atoms with Gasteiger partial charge in [-0.25, -0.2) is 9.37 Å². The van der Waals surface area contributed by atoms with Gasteiger partial charge in [-0.2, -0.15) is 0 Å². The minimum Gasteiger partial charge on any atom is -0.476 e. The van der Waals surface area contributed by atoms with Gasteiger partial charge < -0.3 is 10.1 Å². The minimum atomic E-state index is -0.337. The molecule has 1 aromatic heterocycles. The van der Waals surface area contributed by atoms with E-state index < -0.39 is 0 Å².